The zero-order chi connectivity index (χ0) is 23.2. The Bertz CT molecular complexity index is 1140. The molecule has 31 heavy (non-hydrogen) atoms. The highest BCUT2D eigenvalue weighted by Gasteiger charge is 2.38. The number of H-pyrrole nitrogens is 1. The van der Waals surface area contributed by atoms with Crippen LogP contribution in [0.1, 0.15) is 12.6 Å². The van der Waals surface area contributed by atoms with E-state index < -0.39 is 22.2 Å². The molecule has 5 N–H and O–H groups in total. The van der Waals surface area contributed by atoms with Gasteiger partial charge in [-0.1, -0.05) is 19.1 Å². The van der Waals surface area contributed by atoms with Crippen LogP contribution in [0, 0.1) is 0 Å². The van der Waals surface area contributed by atoms with E-state index in [-0.39, 0.29) is 18.0 Å². The van der Waals surface area contributed by atoms with Gasteiger partial charge in [-0.15, -0.1) is 0 Å². The average Bonchev–Trinajstić information content (AvgIpc) is 3.15. The van der Waals surface area contributed by atoms with Crippen LogP contribution in [0.2, 0.25) is 0 Å². The molecule has 8 nitrogen and oxygen atoms in total. The maximum Gasteiger partial charge on any atom is 0.490 e. The van der Waals surface area contributed by atoms with Gasteiger partial charge < -0.3 is 15.8 Å². The van der Waals surface area contributed by atoms with Crippen LogP contribution in [0.5, 0.6) is 0 Å². The first-order valence-corrected chi connectivity index (χ1v) is 10.5. The van der Waals surface area contributed by atoms with Gasteiger partial charge in [0.1, 0.15) is 5.65 Å². The Balaban J connectivity index is 0.000000423. The lowest BCUT2D eigenvalue weighted by atomic mass is 10.0. The van der Waals surface area contributed by atoms with Gasteiger partial charge in [0.2, 0.25) is 10.0 Å². The van der Waals surface area contributed by atoms with Crippen molar-refractivity contribution in [3.05, 3.63) is 48.3 Å². The molecule has 168 valence electrons. The number of nitrogens with one attached hydrogen (secondary N) is 2. The van der Waals surface area contributed by atoms with Gasteiger partial charge in [0, 0.05) is 30.4 Å². The third-order valence-corrected chi connectivity index (χ3v) is 5.60. The molecule has 0 atom stereocenters. The smallest absolute Gasteiger partial charge is 0.475 e. The highest BCUT2D eigenvalue weighted by atomic mass is 32.2. The third-order valence-electron chi connectivity index (χ3n) is 4.12. The second kappa shape index (κ2) is 9.90. The molecule has 0 aliphatic rings. The Morgan fingerprint density at radius 1 is 1.23 bits per heavy atom. The molecule has 0 fully saturated rings. The molecule has 0 radical (unpaired) electrons. The number of alkyl halides is 3. The fraction of sp³-hybridized carbons (Fsp3) is 0.263. The minimum atomic E-state index is -5.08. The molecule has 12 heteroatoms. The van der Waals surface area contributed by atoms with E-state index in [1.165, 1.54) is 0 Å². The van der Waals surface area contributed by atoms with E-state index in [1.54, 1.807) is 18.3 Å². The van der Waals surface area contributed by atoms with E-state index in [9.17, 15) is 21.6 Å². The number of nitrogens with zero attached hydrogens (tertiary/aromatic N) is 1. The zero-order valence-electron chi connectivity index (χ0n) is 16.4. The first kappa shape index (κ1) is 24.3. The van der Waals surface area contributed by atoms with Crippen LogP contribution in [-0.2, 0) is 21.2 Å². The molecular weight excluding hydrogens is 437 g/mol. The fourth-order valence-electron chi connectivity index (χ4n) is 2.61. The Morgan fingerprint density at radius 2 is 1.84 bits per heavy atom. The highest BCUT2D eigenvalue weighted by Crippen LogP contribution is 2.29. The molecule has 0 saturated heterocycles. The average molecular weight is 458 g/mol. The number of fused-ring (bicyclic) bond motifs is 1. The Hall–Kier alpha value is -2.96. The van der Waals surface area contributed by atoms with Crippen LogP contribution < -0.4 is 10.5 Å². The molecule has 0 aliphatic heterocycles. The second-order valence-electron chi connectivity index (χ2n) is 6.28. The summed E-state index contributed by atoms with van der Waals surface area (Å²) in [4.78, 5) is 16.8. The number of aromatic nitrogens is 2. The first-order chi connectivity index (χ1) is 14.5. The van der Waals surface area contributed by atoms with Gasteiger partial charge in [-0.3, -0.25) is 0 Å². The van der Waals surface area contributed by atoms with Gasteiger partial charge in [-0.25, -0.2) is 22.9 Å². The lowest BCUT2D eigenvalue weighted by molar-refractivity contribution is -0.192. The summed E-state index contributed by atoms with van der Waals surface area (Å²) in [6.45, 7) is 2.57. The van der Waals surface area contributed by atoms with Gasteiger partial charge in [-0.05, 0) is 41.8 Å². The molecule has 1 aromatic carbocycles. The predicted molar refractivity (Wildman–Crippen MR) is 109 cm³/mol. The van der Waals surface area contributed by atoms with E-state index >= 15 is 0 Å². The highest BCUT2D eigenvalue weighted by molar-refractivity contribution is 7.89. The van der Waals surface area contributed by atoms with Crippen molar-refractivity contribution in [3.8, 4) is 11.1 Å². The number of hydrogen-bond donors (Lipinski definition) is 4. The molecular formula is C19H21F3N4O4S. The second-order valence-corrected chi connectivity index (χ2v) is 8.05. The molecule has 0 amide bonds. The Kier molecular flexibility index (Phi) is 7.76. The summed E-state index contributed by atoms with van der Waals surface area (Å²) in [5.74, 6) is -2.76. The molecule has 3 aromatic rings. The lowest BCUT2D eigenvalue weighted by Gasteiger charge is -2.07. The molecule has 2 heterocycles. The number of nitrogens with two attached hydrogens (primary N) is 1. The van der Waals surface area contributed by atoms with Crippen molar-refractivity contribution in [1.82, 2.24) is 14.7 Å². The van der Waals surface area contributed by atoms with E-state index in [0.29, 0.717) is 0 Å². The largest absolute Gasteiger partial charge is 0.490 e. The molecule has 3 rings (SSSR count). The number of rotatable bonds is 6. The summed E-state index contributed by atoms with van der Waals surface area (Å²) in [5, 5.41) is 8.16. The van der Waals surface area contributed by atoms with E-state index in [0.717, 1.165) is 34.3 Å². The number of pyridine rings is 1. The lowest BCUT2D eigenvalue weighted by Crippen LogP contribution is -2.29. The normalized spacial score (nSPS) is 11.8. The molecule has 0 spiro atoms. The van der Waals surface area contributed by atoms with Crippen LogP contribution in [0.4, 0.5) is 13.2 Å². The van der Waals surface area contributed by atoms with E-state index in [2.05, 4.69) is 27.7 Å². The topological polar surface area (TPSA) is 138 Å². The molecule has 0 unspecified atom stereocenters. The summed E-state index contributed by atoms with van der Waals surface area (Å²) in [6.07, 6.45) is -2.43. The van der Waals surface area contributed by atoms with Crippen LogP contribution in [-0.4, -0.2) is 48.7 Å². The van der Waals surface area contributed by atoms with Crippen LogP contribution in [0.3, 0.4) is 0 Å². The minimum Gasteiger partial charge on any atom is -0.475 e. The van der Waals surface area contributed by atoms with Crippen molar-refractivity contribution in [3.63, 3.8) is 0 Å². The molecule has 0 aliphatic carbocycles. The van der Waals surface area contributed by atoms with Crippen molar-refractivity contribution in [1.29, 1.82) is 0 Å². The van der Waals surface area contributed by atoms with Crippen LogP contribution in [0.25, 0.3) is 22.2 Å². The number of carboxylic acids is 1. The van der Waals surface area contributed by atoms with Crippen LogP contribution in [0.15, 0.2) is 47.5 Å². The van der Waals surface area contributed by atoms with Gasteiger partial charge in [0.15, 0.2) is 0 Å². The number of hydrogen-bond acceptors (Lipinski definition) is 5. The summed E-state index contributed by atoms with van der Waals surface area (Å²) >= 11 is 0. The van der Waals surface area contributed by atoms with Crippen molar-refractivity contribution < 1.29 is 31.5 Å². The monoisotopic (exact) mass is 458 g/mol. The summed E-state index contributed by atoms with van der Waals surface area (Å²) in [6, 6.07) is 10.9. The number of carboxylic acid groups (broad SMARTS) is 1. The Labute approximate surface area is 176 Å². The number of sulfonamides is 1. The zero-order valence-corrected chi connectivity index (χ0v) is 17.2. The molecule has 0 saturated carbocycles. The quantitative estimate of drug-likeness (QED) is 0.448. The SMILES string of the molecule is CCc1cc2c(-c3ccc(S(=O)(=O)NCCN)cc3)ccnc2[nH]1.O=C(O)C(F)(F)F. The Morgan fingerprint density at radius 3 is 2.35 bits per heavy atom. The molecule has 2 aromatic heterocycles. The van der Waals surface area contributed by atoms with Gasteiger partial charge in [-0.2, -0.15) is 13.2 Å². The summed E-state index contributed by atoms with van der Waals surface area (Å²) in [5.41, 5.74) is 9.27. The van der Waals surface area contributed by atoms with Crippen molar-refractivity contribution in [2.24, 2.45) is 5.73 Å². The number of carbonyl (C=O) groups is 1. The number of aromatic amines is 1. The van der Waals surface area contributed by atoms with Gasteiger partial charge in [0.05, 0.1) is 4.90 Å². The summed E-state index contributed by atoms with van der Waals surface area (Å²) in [7, 11) is -3.51. The predicted octanol–water partition coefficient (Wildman–Crippen LogP) is 2.66. The number of aryl methyl sites for hydroxylation is 1. The maximum absolute atomic E-state index is 12.1. The van der Waals surface area contributed by atoms with Crippen molar-refractivity contribution >= 4 is 27.0 Å². The van der Waals surface area contributed by atoms with Crippen molar-refractivity contribution in [2.45, 2.75) is 24.4 Å². The van der Waals surface area contributed by atoms with Crippen LogP contribution >= 0.6 is 0 Å². The summed E-state index contributed by atoms with van der Waals surface area (Å²) < 4.78 is 58.4. The van der Waals surface area contributed by atoms with Crippen molar-refractivity contribution in [2.75, 3.05) is 13.1 Å². The fourth-order valence-corrected chi connectivity index (χ4v) is 3.66. The first-order valence-electron chi connectivity index (χ1n) is 9.06. The number of benzene rings is 1. The van der Waals surface area contributed by atoms with Gasteiger partial charge in [0.25, 0.3) is 0 Å². The van der Waals surface area contributed by atoms with Gasteiger partial charge >= 0.3 is 12.1 Å². The van der Waals surface area contributed by atoms with E-state index in [4.69, 9.17) is 15.6 Å². The van der Waals surface area contributed by atoms with E-state index in [1.807, 2.05) is 18.2 Å². The minimum absolute atomic E-state index is 0.220. The maximum atomic E-state index is 12.1. The molecule has 0 bridgehead atoms. The third kappa shape index (κ3) is 6.26. The number of aliphatic carboxylic acids is 1. The number of halogens is 3. The standard InChI is InChI=1S/C17H20N4O2S.C2HF3O2/c1-2-13-11-16-15(7-9-19-17(16)21-13)12-3-5-14(6-4-12)24(22,23)20-10-8-18;3-2(4,5)1(6)7/h3-7,9,11,20H,2,8,10,18H2,1H3,(H,19,21);(H,6,7).